The van der Waals surface area contributed by atoms with Crippen LogP contribution in [0.15, 0.2) is 60.7 Å². The highest BCUT2D eigenvalue weighted by Gasteiger charge is 2.18. The highest BCUT2D eigenvalue weighted by molar-refractivity contribution is 5.76. The molecule has 0 aliphatic rings. The first-order valence-corrected chi connectivity index (χ1v) is 7.35. The fourth-order valence-electron chi connectivity index (χ4n) is 2.09. The summed E-state index contributed by atoms with van der Waals surface area (Å²) in [5.41, 5.74) is 1.78. The Kier molecular flexibility index (Phi) is 6.32. The van der Waals surface area contributed by atoms with Gasteiger partial charge < -0.3 is 9.84 Å². The molecule has 0 aliphatic carbocycles. The van der Waals surface area contributed by atoms with Crippen molar-refractivity contribution in [3.63, 3.8) is 0 Å². The Morgan fingerprint density at radius 1 is 0.957 bits per heavy atom. The van der Waals surface area contributed by atoms with Crippen molar-refractivity contribution in [2.24, 2.45) is 0 Å². The largest absolute Gasteiger partial charge is 0.480 e. The molecule has 5 nitrogen and oxygen atoms in total. The Morgan fingerprint density at radius 3 is 2.09 bits per heavy atom. The van der Waals surface area contributed by atoms with E-state index in [0.717, 1.165) is 11.1 Å². The van der Waals surface area contributed by atoms with Crippen LogP contribution in [0.4, 0.5) is 0 Å². The maximum Gasteiger partial charge on any atom is 0.321 e. The van der Waals surface area contributed by atoms with Gasteiger partial charge in [-0.1, -0.05) is 60.7 Å². The Balaban J connectivity index is 1.79. The van der Waals surface area contributed by atoms with Crippen molar-refractivity contribution >= 4 is 11.9 Å². The molecule has 0 heterocycles. The van der Waals surface area contributed by atoms with Crippen molar-refractivity contribution in [2.75, 3.05) is 6.54 Å². The van der Waals surface area contributed by atoms with E-state index in [2.05, 4.69) is 5.32 Å². The normalized spacial score (nSPS) is 11.7. The lowest BCUT2D eigenvalue weighted by atomic mass is 10.1. The van der Waals surface area contributed by atoms with Crippen LogP contribution in [0.3, 0.4) is 0 Å². The van der Waals surface area contributed by atoms with Gasteiger partial charge in [-0.3, -0.25) is 14.9 Å². The van der Waals surface area contributed by atoms with Crippen molar-refractivity contribution in [3.05, 3.63) is 71.8 Å². The van der Waals surface area contributed by atoms with Gasteiger partial charge in [0, 0.05) is 0 Å². The Hall–Kier alpha value is -2.66. The molecule has 5 heteroatoms. The molecular weight excluding hydrogens is 294 g/mol. The minimum absolute atomic E-state index is 0.142. The average Bonchev–Trinajstić information content (AvgIpc) is 2.58. The number of hydrogen-bond donors (Lipinski definition) is 2. The van der Waals surface area contributed by atoms with Crippen molar-refractivity contribution in [2.45, 2.75) is 19.1 Å². The van der Waals surface area contributed by atoms with Crippen molar-refractivity contribution in [1.29, 1.82) is 0 Å². The van der Waals surface area contributed by atoms with E-state index >= 15 is 0 Å². The molecule has 0 spiro atoms. The third kappa shape index (κ3) is 5.92. The minimum Gasteiger partial charge on any atom is -0.480 e. The van der Waals surface area contributed by atoms with E-state index in [1.807, 2.05) is 60.7 Å². The van der Waals surface area contributed by atoms with Crippen molar-refractivity contribution in [1.82, 2.24) is 5.32 Å². The number of carbonyl (C=O) groups is 2. The number of nitrogens with one attached hydrogen (secondary N) is 1. The number of aliphatic carboxylic acids is 1. The summed E-state index contributed by atoms with van der Waals surface area (Å²) in [5, 5.41) is 12.0. The number of carbonyl (C=O) groups excluding carboxylic acids is 1. The van der Waals surface area contributed by atoms with Crippen LogP contribution in [-0.4, -0.2) is 29.6 Å². The van der Waals surface area contributed by atoms with Gasteiger partial charge in [0.1, 0.15) is 12.6 Å². The molecule has 2 aromatic carbocycles. The van der Waals surface area contributed by atoms with Gasteiger partial charge in [0.2, 0.25) is 0 Å². The second-order valence-corrected chi connectivity index (χ2v) is 5.11. The van der Waals surface area contributed by atoms with Crippen LogP contribution in [0.2, 0.25) is 0 Å². The number of benzene rings is 2. The lowest BCUT2D eigenvalue weighted by Crippen LogP contribution is -2.41. The molecule has 2 aromatic rings. The standard InChI is InChI=1S/C18H19NO4/c20-17(23-13-15-9-5-2-6-10-15)12-19-16(18(21)22)11-14-7-3-1-4-8-14/h1-10,16,19H,11-13H2,(H,21,22)/t16-/m0/s1. The zero-order chi connectivity index (χ0) is 16.5. The van der Waals surface area contributed by atoms with Gasteiger partial charge >= 0.3 is 11.9 Å². The van der Waals surface area contributed by atoms with E-state index in [1.54, 1.807) is 0 Å². The topological polar surface area (TPSA) is 75.6 Å². The molecule has 0 unspecified atom stereocenters. The van der Waals surface area contributed by atoms with Crippen LogP contribution in [0.5, 0.6) is 0 Å². The lowest BCUT2D eigenvalue weighted by Gasteiger charge is -2.14. The number of ether oxygens (including phenoxy) is 1. The van der Waals surface area contributed by atoms with Gasteiger partial charge in [-0.15, -0.1) is 0 Å². The molecule has 120 valence electrons. The van der Waals surface area contributed by atoms with Gasteiger partial charge in [-0.05, 0) is 17.5 Å². The Bertz CT molecular complexity index is 628. The predicted molar refractivity (Wildman–Crippen MR) is 85.8 cm³/mol. The summed E-state index contributed by atoms with van der Waals surface area (Å²) < 4.78 is 5.11. The molecule has 0 saturated carbocycles. The molecule has 2 rings (SSSR count). The number of esters is 1. The van der Waals surface area contributed by atoms with Crippen LogP contribution < -0.4 is 5.32 Å². The third-order valence-corrected chi connectivity index (χ3v) is 3.32. The predicted octanol–water partition coefficient (Wildman–Crippen LogP) is 2.02. The zero-order valence-corrected chi connectivity index (χ0v) is 12.6. The maximum atomic E-state index is 11.7. The maximum absolute atomic E-state index is 11.7. The van der Waals surface area contributed by atoms with Gasteiger partial charge in [0.25, 0.3) is 0 Å². The Labute approximate surface area is 134 Å². The number of rotatable bonds is 8. The highest BCUT2D eigenvalue weighted by Crippen LogP contribution is 2.04. The number of hydrogen-bond acceptors (Lipinski definition) is 4. The molecule has 1 atom stereocenters. The molecule has 0 aliphatic heterocycles. The van der Waals surface area contributed by atoms with Crippen LogP contribution in [-0.2, 0) is 27.4 Å². The third-order valence-electron chi connectivity index (χ3n) is 3.32. The first kappa shape index (κ1) is 16.7. The monoisotopic (exact) mass is 313 g/mol. The second-order valence-electron chi connectivity index (χ2n) is 5.11. The van der Waals surface area contributed by atoms with Crippen LogP contribution in [0.25, 0.3) is 0 Å². The fraction of sp³-hybridized carbons (Fsp3) is 0.222. The Morgan fingerprint density at radius 2 is 1.52 bits per heavy atom. The first-order chi connectivity index (χ1) is 11.1. The van der Waals surface area contributed by atoms with Crippen LogP contribution in [0, 0.1) is 0 Å². The smallest absolute Gasteiger partial charge is 0.321 e. The van der Waals surface area contributed by atoms with Gasteiger partial charge in [0.05, 0.1) is 6.54 Å². The molecule has 0 saturated heterocycles. The number of carboxylic acid groups (broad SMARTS) is 1. The molecule has 0 radical (unpaired) electrons. The summed E-state index contributed by atoms with van der Waals surface area (Å²) in [6.07, 6.45) is 0.308. The molecule has 0 bridgehead atoms. The summed E-state index contributed by atoms with van der Waals surface area (Å²) in [6, 6.07) is 17.8. The van der Waals surface area contributed by atoms with E-state index in [1.165, 1.54) is 0 Å². The summed E-state index contributed by atoms with van der Waals surface area (Å²) in [6.45, 7) is 0.0361. The van der Waals surface area contributed by atoms with Gasteiger partial charge in [-0.25, -0.2) is 0 Å². The van der Waals surface area contributed by atoms with Crippen LogP contribution in [0.1, 0.15) is 11.1 Å². The summed E-state index contributed by atoms with van der Waals surface area (Å²) in [7, 11) is 0. The van der Waals surface area contributed by atoms with Crippen LogP contribution >= 0.6 is 0 Å². The average molecular weight is 313 g/mol. The van der Waals surface area contributed by atoms with Crippen molar-refractivity contribution < 1.29 is 19.4 Å². The molecule has 2 N–H and O–H groups in total. The molecule has 0 aromatic heterocycles. The lowest BCUT2D eigenvalue weighted by molar-refractivity contribution is -0.144. The summed E-state index contributed by atoms with van der Waals surface area (Å²) >= 11 is 0. The molecule has 0 fully saturated rings. The minimum atomic E-state index is -0.996. The van der Waals surface area contributed by atoms with Gasteiger partial charge in [-0.2, -0.15) is 0 Å². The molecular formula is C18H19NO4. The molecule has 0 amide bonds. The zero-order valence-electron chi connectivity index (χ0n) is 12.6. The summed E-state index contributed by atoms with van der Waals surface area (Å²) in [4.78, 5) is 23.0. The first-order valence-electron chi connectivity index (χ1n) is 7.35. The quantitative estimate of drug-likeness (QED) is 0.729. The van der Waals surface area contributed by atoms with E-state index in [0.29, 0.717) is 6.42 Å². The van der Waals surface area contributed by atoms with E-state index in [9.17, 15) is 14.7 Å². The molecule has 23 heavy (non-hydrogen) atoms. The second kappa shape index (κ2) is 8.70. The van der Waals surface area contributed by atoms with E-state index < -0.39 is 18.0 Å². The van der Waals surface area contributed by atoms with E-state index in [-0.39, 0.29) is 13.2 Å². The fourth-order valence-corrected chi connectivity index (χ4v) is 2.09. The van der Waals surface area contributed by atoms with Gasteiger partial charge in [0.15, 0.2) is 0 Å². The number of carboxylic acids is 1. The SMILES string of the molecule is O=C(CN[C@@H](Cc1ccccc1)C(=O)O)OCc1ccccc1. The highest BCUT2D eigenvalue weighted by atomic mass is 16.5. The van der Waals surface area contributed by atoms with E-state index in [4.69, 9.17) is 4.74 Å². The summed E-state index contributed by atoms with van der Waals surface area (Å²) in [5.74, 6) is -1.47. The van der Waals surface area contributed by atoms with Crippen molar-refractivity contribution in [3.8, 4) is 0 Å².